The normalized spacial score (nSPS) is 13.8. The molecular formula is C14H18N4OS2. The van der Waals surface area contributed by atoms with Gasteiger partial charge in [-0.2, -0.15) is 0 Å². The summed E-state index contributed by atoms with van der Waals surface area (Å²) in [6.07, 6.45) is 0. The number of hydrogen-bond acceptors (Lipinski definition) is 6. The number of nitrogens with one attached hydrogen (secondary N) is 1. The van der Waals surface area contributed by atoms with Gasteiger partial charge in [0.2, 0.25) is 5.91 Å². The zero-order chi connectivity index (χ0) is 15.3. The van der Waals surface area contributed by atoms with E-state index in [0.717, 1.165) is 14.9 Å². The fourth-order valence-electron chi connectivity index (χ4n) is 2.07. The third kappa shape index (κ3) is 3.61. The van der Waals surface area contributed by atoms with E-state index in [1.54, 1.807) is 0 Å². The Morgan fingerprint density at radius 2 is 2.10 bits per heavy atom. The molecule has 112 valence electrons. The van der Waals surface area contributed by atoms with Crippen LogP contribution in [0.5, 0.6) is 0 Å². The highest BCUT2D eigenvalue weighted by molar-refractivity contribution is 8.01. The van der Waals surface area contributed by atoms with E-state index in [2.05, 4.69) is 15.5 Å². The highest BCUT2D eigenvalue weighted by atomic mass is 32.2. The van der Waals surface area contributed by atoms with E-state index in [-0.39, 0.29) is 5.91 Å². The Labute approximate surface area is 132 Å². The molecule has 1 unspecified atom stereocenters. The number of benzene rings is 1. The van der Waals surface area contributed by atoms with Crippen molar-refractivity contribution in [2.45, 2.75) is 23.7 Å². The van der Waals surface area contributed by atoms with E-state index in [9.17, 15) is 4.79 Å². The summed E-state index contributed by atoms with van der Waals surface area (Å²) in [4.78, 5) is 12.2. The Balaban J connectivity index is 2.28. The molecule has 3 N–H and O–H groups in total. The van der Waals surface area contributed by atoms with E-state index < -0.39 is 5.54 Å². The lowest BCUT2D eigenvalue weighted by Gasteiger charge is -2.31. The molecule has 0 fully saturated rings. The first kappa shape index (κ1) is 15.9. The van der Waals surface area contributed by atoms with Crippen molar-refractivity contribution in [2.75, 3.05) is 12.3 Å². The van der Waals surface area contributed by atoms with Crippen LogP contribution in [0.3, 0.4) is 0 Å². The largest absolute Gasteiger partial charge is 0.368 e. The van der Waals surface area contributed by atoms with Crippen LogP contribution in [0.25, 0.3) is 0 Å². The zero-order valence-electron chi connectivity index (χ0n) is 12.0. The van der Waals surface area contributed by atoms with Crippen LogP contribution < -0.4 is 11.1 Å². The van der Waals surface area contributed by atoms with E-state index >= 15 is 0 Å². The van der Waals surface area contributed by atoms with Gasteiger partial charge in [0.05, 0.1) is 0 Å². The summed E-state index contributed by atoms with van der Waals surface area (Å²) in [6, 6.07) is 9.56. The highest BCUT2D eigenvalue weighted by Crippen LogP contribution is 2.31. The minimum Gasteiger partial charge on any atom is -0.368 e. The van der Waals surface area contributed by atoms with Gasteiger partial charge in [0.15, 0.2) is 4.34 Å². The summed E-state index contributed by atoms with van der Waals surface area (Å²) in [5, 5.41) is 12.2. The number of nitrogens with zero attached hydrogens (tertiary/aromatic N) is 2. The molecule has 7 heteroatoms. The smallest absolute Gasteiger partial charge is 0.243 e. The van der Waals surface area contributed by atoms with Crippen LogP contribution in [0.2, 0.25) is 0 Å². The Hall–Kier alpha value is -1.44. The van der Waals surface area contributed by atoms with E-state index in [0.29, 0.717) is 12.3 Å². The lowest BCUT2D eigenvalue weighted by molar-refractivity contribution is -0.123. The zero-order valence-corrected chi connectivity index (χ0v) is 13.6. The fraction of sp³-hybridized carbons (Fsp3) is 0.357. The number of thioether (sulfide) groups is 1. The van der Waals surface area contributed by atoms with Gasteiger partial charge in [-0.15, -0.1) is 10.2 Å². The lowest BCUT2D eigenvalue weighted by Crippen LogP contribution is -2.54. The first-order chi connectivity index (χ1) is 10.1. The van der Waals surface area contributed by atoms with Crippen LogP contribution in [0, 0.1) is 6.92 Å². The van der Waals surface area contributed by atoms with E-state index in [1.165, 1.54) is 23.1 Å². The molecule has 0 aliphatic rings. The molecule has 0 bridgehead atoms. The molecule has 2 rings (SSSR count). The van der Waals surface area contributed by atoms with Gasteiger partial charge in [-0.3, -0.25) is 10.1 Å². The van der Waals surface area contributed by atoms with Gasteiger partial charge in [0.1, 0.15) is 10.5 Å². The van der Waals surface area contributed by atoms with Crippen LogP contribution in [0.15, 0.2) is 34.7 Å². The van der Waals surface area contributed by atoms with Crippen LogP contribution in [0.1, 0.15) is 17.5 Å². The van der Waals surface area contributed by atoms with Crippen molar-refractivity contribution in [1.82, 2.24) is 15.5 Å². The molecule has 21 heavy (non-hydrogen) atoms. The van der Waals surface area contributed by atoms with Crippen molar-refractivity contribution in [3.8, 4) is 0 Å². The number of likely N-dealkylation sites (N-methyl/N-ethyl adjacent to an activating group) is 1. The number of hydrogen-bond donors (Lipinski definition) is 2. The number of primary amides is 1. The molecule has 2 aromatic rings. The molecule has 0 saturated heterocycles. The molecule has 0 radical (unpaired) electrons. The molecule has 0 aliphatic carbocycles. The molecule has 1 heterocycles. The lowest BCUT2D eigenvalue weighted by atomic mass is 9.91. The summed E-state index contributed by atoms with van der Waals surface area (Å²) in [5.41, 5.74) is 5.68. The predicted octanol–water partition coefficient (Wildman–Crippen LogP) is 1.93. The summed E-state index contributed by atoms with van der Waals surface area (Å²) in [5.74, 6) is 0.0961. The number of aromatic nitrogens is 2. The second-order valence-electron chi connectivity index (χ2n) is 4.54. The maximum atomic E-state index is 12.2. The Bertz CT molecular complexity index is 602. The molecular weight excluding hydrogens is 304 g/mol. The van der Waals surface area contributed by atoms with Gasteiger partial charge in [-0.05, 0) is 19.0 Å². The maximum absolute atomic E-state index is 12.2. The molecule has 1 aromatic carbocycles. The van der Waals surface area contributed by atoms with E-state index in [4.69, 9.17) is 5.73 Å². The Kier molecular flexibility index (Phi) is 5.33. The molecule has 1 atom stereocenters. The average Bonchev–Trinajstić information content (AvgIpc) is 2.90. The van der Waals surface area contributed by atoms with Crippen molar-refractivity contribution >= 4 is 29.0 Å². The predicted molar refractivity (Wildman–Crippen MR) is 86.4 cm³/mol. The van der Waals surface area contributed by atoms with Crippen molar-refractivity contribution in [2.24, 2.45) is 5.73 Å². The first-order valence-electron chi connectivity index (χ1n) is 6.62. The second kappa shape index (κ2) is 7.02. The molecule has 1 aromatic heterocycles. The topological polar surface area (TPSA) is 80.9 Å². The van der Waals surface area contributed by atoms with Crippen molar-refractivity contribution < 1.29 is 4.79 Å². The Morgan fingerprint density at radius 3 is 2.62 bits per heavy atom. The average molecular weight is 322 g/mol. The number of amides is 1. The first-order valence-corrected chi connectivity index (χ1v) is 8.42. The minimum absolute atomic E-state index is 0.385. The number of carbonyl (C=O) groups is 1. The number of nitrogens with two attached hydrogens (primary N) is 1. The SMILES string of the molecule is CCNC(CSc1nnc(C)s1)(C(N)=O)c1ccccc1. The standard InChI is InChI=1S/C14H18N4OS2/c1-3-16-14(12(15)19,11-7-5-4-6-8-11)9-20-13-18-17-10(2)21-13/h4-8,16H,3,9H2,1-2H3,(H2,15,19). The van der Waals surface area contributed by atoms with Gasteiger partial charge >= 0.3 is 0 Å². The summed E-state index contributed by atoms with van der Waals surface area (Å²) in [7, 11) is 0. The number of carbonyl (C=O) groups excluding carboxylic acids is 1. The van der Waals surface area contributed by atoms with Crippen molar-refractivity contribution in [1.29, 1.82) is 0 Å². The van der Waals surface area contributed by atoms with Crippen molar-refractivity contribution in [3.05, 3.63) is 40.9 Å². The van der Waals surface area contributed by atoms with E-state index in [1.807, 2.05) is 44.2 Å². The van der Waals surface area contributed by atoms with Gasteiger partial charge < -0.3 is 5.73 Å². The van der Waals surface area contributed by atoms with Gasteiger partial charge in [0, 0.05) is 5.75 Å². The third-order valence-corrected chi connectivity index (χ3v) is 5.23. The molecule has 1 amide bonds. The summed E-state index contributed by atoms with van der Waals surface area (Å²) in [6.45, 7) is 4.51. The van der Waals surface area contributed by atoms with Crippen LogP contribution in [-0.4, -0.2) is 28.4 Å². The van der Waals surface area contributed by atoms with Crippen LogP contribution >= 0.6 is 23.1 Å². The molecule has 5 nitrogen and oxygen atoms in total. The Morgan fingerprint density at radius 1 is 1.38 bits per heavy atom. The summed E-state index contributed by atoms with van der Waals surface area (Å²) >= 11 is 3.01. The molecule has 0 saturated carbocycles. The van der Waals surface area contributed by atoms with Crippen LogP contribution in [0.4, 0.5) is 0 Å². The molecule has 0 aliphatic heterocycles. The molecule has 0 spiro atoms. The fourth-order valence-corrected chi connectivity index (χ4v) is 4.11. The minimum atomic E-state index is -0.903. The monoisotopic (exact) mass is 322 g/mol. The second-order valence-corrected chi connectivity index (χ2v) is 6.95. The van der Waals surface area contributed by atoms with Crippen molar-refractivity contribution in [3.63, 3.8) is 0 Å². The van der Waals surface area contributed by atoms with Gasteiger partial charge in [-0.1, -0.05) is 60.4 Å². The summed E-state index contributed by atoms with van der Waals surface area (Å²) < 4.78 is 0.840. The maximum Gasteiger partial charge on any atom is 0.243 e. The van der Waals surface area contributed by atoms with Crippen LogP contribution in [-0.2, 0) is 10.3 Å². The third-order valence-electron chi connectivity index (χ3n) is 3.09. The number of aryl methyl sites for hydroxylation is 1. The highest BCUT2D eigenvalue weighted by Gasteiger charge is 2.38. The quantitative estimate of drug-likeness (QED) is 0.761. The van der Waals surface area contributed by atoms with Gasteiger partial charge in [0.25, 0.3) is 0 Å². The van der Waals surface area contributed by atoms with Gasteiger partial charge in [-0.25, -0.2) is 0 Å². The number of rotatable bonds is 7.